The first-order chi connectivity index (χ1) is 8.00. The van der Waals surface area contributed by atoms with Crippen molar-refractivity contribution >= 4 is 11.6 Å². The fourth-order valence-corrected chi connectivity index (χ4v) is 3.53. The van der Waals surface area contributed by atoms with E-state index in [-0.39, 0.29) is 35.1 Å². The molecule has 2 aliphatic carbocycles. The smallest absolute Gasteiger partial charge is 0.201 e. The summed E-state index contributed by atoms with van der Waals surface area (Å²) >= 11 is 0. The standard InChI is InChI=1S/C14H18O3/c1-5-6-14-9(3)8(2)12(14)13(16)10(17-4)7-11(14)15/h5,7-9,12H,1,6H2,2-4H3/t8?,9-,12?,14-/m0/s1. The van der Waals surface area contributed by atoms with E-state index in [1.807, 2.05) is 13.8 Å². The summed E-state index contributed by atoms with van der Waals surface area (Å²) < 4.78 is 5.00. The van der Waals surface area contributed by atoms with Crippen LogP contribution in [0.5, 0.6) is 0 Å². The average Bonchev–Trinajstić information content (AvgIpc) is 2.32. The molecule has 2 unspecified atom stereocenters. The van der Waals surface area contributed by atoms with Gasteiger partial charge in [-0.3, -0.25) is 9.59 Å². The molecule has 3 heteroatoms. The van der Waals surface area contributed by atoms with Crippen molar-refractivity contribution < 1.29 is 14.3 Å². The van der Waals surface area contributed by atoms with Crippen molar-refractivity contribution in [2.24, 2.45) is 23.2 Å². The van der Waals surface area contributed by atoms with Crippen molar-refractivity contribution in [2.75, 3.05) is 7.11 Å². The Labute approximate surface area is 102 Å². The molecule has 0 N–H and O–H groups in total. The average molecular weight is 234 g/mol. The highest BCUT2D eigenvalue weighted by atomic mass is 16.5. The van der Waals surface area contributed by atoms with Gasteiger partial charge in [0.1, 0.15) is 0 Å². The molecule has 1 fully saturated rings. The Morgan fingerprint density at radius 3 is 2.65 bits per heavy atom. The molecule has 2 rings (SSSR count). The van der Waals surface area contributed by atoms with Crippen LogP contribution in [0, 0.1) is 23.2 Å². The third kappa shape index (κ3) is 1.28. The van der Waals surface area contributed by atoms with Gasteiger partial charge < -0.3 is 4.74 Å². The minimum Gasteiger partial charge on any atom is -0.493 e. The second-order valence-corrected chi connectivity index (χ2v) is 5.10. The third-order valence-electron chi connectivity index (χ3n) is 4.63. The molecular weight excluding hydrogens is 216 g/mol. The van der Waals surface area contributed by atoms with E-state index in [1.165, 1.54) is 13.2 Å². The summed E-state index contributed by atoms with van der Waals surface area (Å²) in [6, 6.07) is 0. The Kier molecular flexibility index (Phi) is 2.72. The van der Waals surface area contributed by atoms with E-state index in [9.17, 15) is 9.59 Å². The van der Waals surface area contributed by atoms with Crippen LogP contribution in [0.15, 0.2) is 24.5 Å². The maximum absolute atomic E-state index is 12.3. The Morgan fingerprint density at radius 2 is 2.12 bits per heavy atom. The molecule has 0 radical (unpaired) electrons. The zero-order valence-electron chi connectivity index (χ0n) is 10.5. The summed E-state index contributed by atoms with van der Waals surface area (Å²) in [5, 5.41) is 0. The van der Waals surface area contributed by atoms with E-state index in [2.05, 4.69) is 6.58 Å². The molecule has 0 bridgehead atoms. The van der Waals surface area contributed by atoms with Crippen molar-refractivity contribution in [1.82, 2.24) is 0 Å². The molecule has 0 saturated heterocycles. The number of hydrogen-bond acceptors (Lipinski definition) is 3. The Morgan fingerprint density at radius 1 is 1.47 bits per heavy atom. The van der Waals surface area contributed by atoms with E-state index in [4.69, 9.17) is 4.74 Å². The highest BCUT2D eigenvalue weighted by molar-refractivity contribution is 6.13. The molecule has 1 saturated carbocycles. The van der Waals surface area contributed by atoms with Gasteiger partial charge in [-0.05, 0) is 18.3 Å². The third-order valence-corrected chi connectivity index (χ3v) is 4.63. The molecule has 0 aliphatic heterocycles. The van der Waals surface area contributed by atoms with Crippen LogP contribution in [-0.2, 0) is 14.3 Å². The van der Waals surface area contributed by atoms with Crippen molar-refractivity contribution in [3.63, 3.8) is 0 Å². The van der Waals surface area contributed by atoms with Gasteiger partial charge in [0.2, 0.25) is 5.78 Å². The number of carbonyl (C=O) groups is 2. The molecule has 0 heterocycles. The Balaban J connectivity index is 2.49. The first-order valence-electron chi connectivity index (χ1n) is 5.96. The van der Waals surface area contributed by atoms with Crippen LogP contribution in [-0.4, -0.2) is 18.7 Å². The largest absolute Gasteiger partial charge is 0.493 e. The second-order valence-electron chi connectivity index (χ2n) is 5.10. The van der Waals surface area contributed by atoms with Crippen molar-refractivity contribution in [3.05, 3.63) is 24.5 Å². The van der Waals surface area contributed by atoms with Crippen LogP contribution in [0.3, 0.4) is 0 Å². The number of ketones is 2. The predicted molar refractivity (Wildman–Crippen MR) is 64.2 cm³/mol. The summed E-state index contributed by atoms with van der Waals surface area (Å²) in [4.78, 5) is 24.5. The van der Waals surface area contributed by atoms with Gasteiger partial charge in [-0.15, -0.1) is 6.58 Å². The minimum absolute atomic E-state index is 0.0180. The van der Waals surface area contributed by atoms with E-state index in [0.29, 0.717) is 6.42 Å². The van der Waals surface area contributed by atoms with Gasteiger partial charge >= 0.3 is 0 Å². The molecular formula is C14H18O3. The van der Waals surface area contributed by atoms with Gasteiger partial charge in [0, 0.05) is 17.4 Å². The van der Waals surface area contributed by atoms with Crippen molar-refractivity contribution in [3.8, 4) is 0 Å². The lowest BCUT2D eigenvalue weighted by Gasteiger charge is -2.58. The van der Waals surface area contributed by atoms with Gasteiger partial charge in [0.25, 0.3) is 0 Å². The fraction of sp³-hybridized carbons (Fsp3) is 0.571. The molecule has 0 amide bonds. The number of ether oxygens (including phenoxy) is 1. The lowest BCUT2D eigenvalue weighted by molar-refractivity contribution is -0.168. The summed E-state index contributed by atoms with van der Waals surface area (Å²) in [7, 11) is 1.43. The zero-order chi connectivity index (χ0) is 12.8. The van der Waals surface area contributed by atoms with Crippen LogP contribution in [0.1, 0.15) is 20.3 Å². The molecule has 3 nitrogen and oxygen atoms in total. The van der Waals surface area contributed by atoms with Gasteiger partial charge in [-0.1, -0.05) is 19.9 Å². The van der Waals surface area contributed by atoms with Gasteiger partial charge in [0.15, 0.2) is 11.5 Å². The minimum atomic E-state index is -0.555. The van der Waals surface area contributed by atoms with Gasteiger partial charge in [-0.2, -0.15) is 0 Å². The number of hydrogen-bond donors (Lipinski definition) is 0. The van der Waals surface area contributed by atoms with E-state index >= 15 is 0 Å². The van der Waals surface area contributed by atoms with Gasteiger partial charge in [0.05, 0.1) is 7.11 Å². The maximum atomic E-state index is 12.3. The van der Waals surface area contributed by atoms with Crippen LogP contribution >= 0.6 is 0 Å². The molecule has 2 aliphatic rings. The SMILES string of the molecule is C=CC[C@]12C(=O)C=C(OC)C(=O)C1C(C)[C@@H]2C. The van der Waals surface area contributed by atoms with Crippen molar-refractivity contribution in [2.45, 2.75) is 20.3 Å². The molecule has 0 aromatic carbocycles. The predicted octanol–water partition coefficient (Wildman–Crippen LogP) is 2.13. The molecule has 4 atom stereocenters. The summed E-state index contributed by atoms with van der Waals surface area (Å²) in [5.74, 6) is 0.409. The number of Topliss-reactive ketones (excluding diaryl/α,β-unsaturated/α-hetero) is 1. The molecule has 0 spiro atoms. The van der Waals surface area contributed by atoms with Crippen LogP contribution in [0.2, 0.25) is 0 Å². The van der Waals surface area contributed by atoms with E-state index < -0.39 is 5.41 Å². The zero-order valence-corrected chi connectivity index (χ0v) is 10.5. The topological polar surface area (TPSA) is 43.4 Å². The van der Waals surface area contributed by atoms with Gasteiger partial charge in [-0.25, -0.2) is 0 Å². The Hall–Kier alpha value is -1.38. The summed E-state index contributed by atoms with van der Waals surface area (Å²) in [5.41, 5.74) is -0.555. The number of carbonyl (C=O) groups excluding carboxylic acids is 2. The number of rotatable bonds is 3. The molecule has 92 valence electrons. The highest BCUT2D eigenvalue weighted by Crippen LogP contribution is 2.61. The number of fused-ring (bicyclic) bond motifs is 1. The second kappa shape index (κ2) is 3.83. The number of allylic oxidation sites excluding steroid dienone is 3. The summed E-state index contributed by atoms with van der Waals surface area (Å²) in [6.07, 6.45) is 3.68. The molecule has 0 aromatic rings. The van der Waals surface area contributed by atoms with Crippen LogP contribution < -0.4 is 0 Å². The normalized spacial score (nSPS) is 40.2. The quantitative estimate of drug-likeness (QED) is 0.703. The van der Waals surface area contributed by atoms with Crippen LogP contribution in [0.25, 0.3) is 0 Å². The Bertz CT molecular complexity index is 421. The summed E-state index contributed by atoms with van der Waals surface area (Å²) in [6.45, 7) is 7.78. The lowest BCUT2D eigenvalue weighted by atomic mass is 9.42. The fourth-order valence-electron chi connectivity index (χ4n) is 3.53. The lowest BCUT2D eigenvalue weighted by Crippen LogP contribution is -2.63. The van der Waals surface area contributed by atoms with Crippen molar-refractivity contribution in [1.29, 1.82) is 0 Å². The van der Waals surface area contributed by atoms with E-state index in [1.54, 1.807) is 6.08 Å². The highest BCUT2D eigenvalue weighted by Gasteiger charge is 2.65. The van der Waals surface area contributed by atoms with E-state index in [0.717, 1.165) is 0 Å². The maximum Gasteiger partial charge on any atom is 0.201 e. The van der Waals surface area contributed by atoms with Crippen LogP contribution in [0.4, 0.5) is 0 Å². The number of methoxy groups -OCH3 is 1. The first-order valence-corrected chi connectivity index (χ1v) is 5.96. The first kappa shape index (κ1) is 12.1. The molecule has 17 heavy (non-hydrogen) atoms. The molecule has 0 aromatic heterocycles. The monoisotopic (exact) mass is 234 g/mol.